The van der Waals surface area contributed by atoms with Gasteiger partial charge in [0.05, 0.1) is 16.7 Å². The van der Waals surface area contributed by atoms with Crippen LogP contribution >= 0.6 is 47.8 Å². The molecule has 140 valence electrons. The van der Waals surface area contributed by atoms with Gasteiger partial charge in [0.15, 0.2) is 18.7 Å². The second-order valence-corrected chi connectivity index (χ2v) is 9.65. The van der Waals surface area contributed by atoms with Crippen molar-refractivity contribution in [2.45, 2.75) is 18.7 Å². The molecule has 3 aromatic carbocycles. The fourth-order valence-electron chi connectivity index (χ4n) is 4.04. The second-order valence-electron chi connectivity index (χ2n) is 6.90. The van der Waals surface area contributed by atoms with Crippen LogP contribution in [0.15, 0.2) is 68.0 Å². The van der Waals surface area contributed by atoms with Crippen LogP contribution in [-0.4, -0.2) is 4.90 Å². The molecule has 0 spiro atoms. The Morgan fingerprint density at radius 2 is 0.857 bits per heavy atom. The van der Waals surface area contributed by atoms with Crippen molar-refractivity contribution in [3.05, 3.63) is 84.7 Å². The number of rotatable bonds is 0. The largest absolute Gasteiger partial charge is 0.470 e. The minimum atomic E-state index is -0.308. The molecule has 6 rings (SSSR count). The summed E-state index contributed by atoms with van der Waals surface area (Å²) in [5, 5.41) is 0. The topological polar surface area (TPSA) is 30.9 Å². The fraction of sp³-hybridized carbons (Fsp3) is 0.143. The number of nitrogens with zero attached hydrogens (tertiary/aromatic N) is 1. The van der Waals surface area contributed by atoms with E-state index < -0.39 is 0 Å². The smallest absolute Gasteiger partial charge is 0.188 e. The predicted octanol–water partition coefficient (Wildman–Crippen LogP) is 6.85. The first kappa shape index (κ1) is 17.3. The highest BCUT2D eigenvalue weighted by atomic mass is 79.9. The summed E-state index contributed by atoms with van der Waals surface area (Å²) in [6.45, 7) is 0. The molecular formula is C21H12Br3NO3. The summed E-state index contributed by atoms with van der Waals surface area (Å²) in [5.41, 5.74) is 2.93. The van der Waals surface area contributed by atoms with E-state index >= 15 is 0 Å². The van der Waals surface area contributed by atoms with E-state index in [-0.39, 0.29) is 18.7 Å². The Morgan fingerprint density at radius 3 is 1.18 bits per heavy atom. The van der Waals surface area contributed by atoms with E-state index in [1.165, 1.54) is 0 Å². The van der Waals surface area contributed by atoms with Crippen LogP contribution in [-0.2, 0) is 0 Å². The lowest BCUT2D eigenvalue weighted by Gasteiger charge is -2.51. The van der Waals surface area contributed by atoms with Gasteiger partial charge in [-0.1, -0.05) is 47.8 Å². The van der Waals surface area contributed by atoms with Gasteiger partial charge >= 0.3 is 0 Å². The SMILES string of the molecule is Brc1ccc2c(c1)[C@H]1Oc3ccc(Br)cc3[C@H]3Oc4ccc(Br)cc4[C@@H](O2)N13. The summed E-state index contributed by atoms with van der Waals surface area (Å²) in [7, 11) is 0. The van der Waals surface area contributed by atoms with Crippen molar-refractivity contribution in [1.82, 2.24) is 4.90 Å². The first-order chi connectivity index (χ1) is 13.6. The van der Waals surface area contributed by atoms with Gasteiger partial charge in [-0.25, -0.2) is 0 Å². The van der Waals surface area contributed by atoms with Crippen LogP contribution in [0.4, 0.5) is 0 Å². The van der Waals surface area contributed by atoms with Crippen LogP contribution in [0.1, 0.15) is 35.4 Å². The van der Waals surface area contributed by atoms with Gasteiger partial charge in [-0.3, -0.25) is 0 Å². The highest BCUT2D eigenvalue weighted by Gasteiger charge is 2.51. The Labute approximate surface area is 186 Å². The highest BCUT2D eigenvalue weighted by Crippen LogP contribution is 2.56. The van der Waals surface area contributed by atoms with Gasteiger partial charge in [0.1, 0.15) is 17.2 Å². The van der Waals surface area contributed by atoms with Crippen LogP contribution in [0.3, 0.4) is 0 Å². The normalized spacial score (nSPS) is 23.9. The number of halogens is 3. The van der Waals surface area contributed by atoms with Crippen molar-refractivity contribution in [2.75, 3.05) is 0 Å². The Balaban J connectivity index is 1.61. The first-order valence-electron chi connectivity index (χ1n) is 8.74. The summed E-state index contributed by atoms with van der Waals surface area (Å²) in [6.07, 6.45) is -0.925. The van der Waals surface area contributed by atoms with Crippen LogP contribution in [0.5, 0.6) is 17.2 Å². The van der Waals surface area contributed by atoms with Gasteiger partial charge in [-0.15, -0.1) is 0 Å². The summed E-state index contributed by atoms with van der Waals surface area (Å²) in [4.78, 5) is 2.15. The molecule has 0 saturated heterocycles. The number of benzene rings is 3. The Bertz CT molecular complexity index is 994. The second kappa shape index (κ2) is 6.23. The molecule has 4 nitrogen and oxygen atoms in total. The van der Waals surface area contributed by atoms with Crippen molar-refractivity contribution in [3.8, 4) is 17.2 Å². The lowest BCUT2D eigenvalue weighted by molar-refractivity contribution is -0.202. The minimum absolute atomic E-state index is 0.308. The Kier molecular flexibility index (Phi) is 3.85. The zero-order valence-electron chi connectivity index (χ0n) is 14.2. The van der Waals surface area contributed by atoms with E-state index in [2.05, 4.69) is 52.7 Å². The van der Waals surface area contributed by atoms with E-state index in [9.17, 15) is 0 Å². The maximum Gasteiger partial charge on any atom is 0.188 e. The Morgan fingerprint density at radius 1 is 0.536 bits per heavy atom. The quantitative estimate of drug-likeness (QED) is 0.298. The van der Waals surface area contributed by atoms with Crippen molar-refractivity contribution >= 4 is 47.8 Å². The molecule has 0 bridgehead atoms. The molecule has 0 radical (unpaired) electrons. The molecule has 0 N–H and O–H groups in total. The van der Waals surface area contributed by atoms with Crippen LogP contribution in [0.2, 0.25) is 0 Å². The predicted molar refractivity (Wildman–Crippen MR) is 114 cm³/mol. The third kappa shape index (κ3) is 2.49. The van der Waals surface area contributed by atoms with Crippen molar-refractivity contribution in [3.63, 3.8) is 0 Å². The summed E-state index contributed by atoms with van der Waals surface area (Å²) >= 11 is 10.7. The zero-order chi connectivity index (χ0) is 19.0. The average Bonchev–Trinajstić information content (AvgIpc) is 2.69. The summed E-state index contributed by atoms with van der Waals surface area (Å²) < 4.78 is 22.3. The molecule has 3 aliphatic rings. The summed E-state index contributed by atoms with van der Waals surface area (Å²) in [5.74, 6) is 2.46. The van der Waals surface area contributed by atoms with E-state index in [1.807, 2.05) is 54.6 Å². The molecule has 3 aromatic rings. The molecule has 3 heterocycles. The standard InChI is InChI=1S/C21H12Br3NO3/c22-10-1-4-16-13(7-10)19-25-20(26-16)14-8-11(23)2-5-17(14)28-21(25)15-9-12(24)3-6-18(15)27-19/h1-9,19-21H/t19-,20-,21-/m1/s1. The van der Waals surface area contributed by atoms with Crippen molar-refractivity contribution < 1.29 is 14.2 Å². The molecule has 0 saturated carbocycles. The van der Waals surface area contributed by atoms with Gasteiger partial charge in [0.2, 0.25) is 0 Å². The Hall–Kier alpha value is -1.54. The van der Waals surface area contributed by atoms with E-state index in [4.69, 9.17) is 14.2 Å². The van der Waals surface area contributed by atoms with Crippen molar-refractivity contribution in [1.29, 1.82) is 0 Å². The molecular weight excluding hydrogens is 554 g/mol. The third-order valence-corrected chi connectivity index (χ3v) is 6.72. The van der Waals surface area contributed by atoms with Gasteiger partial charge in [-0.05, 0) is 54.6 Å². The number of ether oxygens (including phenoxy) is 3. The van der Waals surface area contributed by atoms with E-state index in [0.29, 0.717) is 0 Å². The number of hydrogen-bond donors (Lipinski definition) is 0. The molecule has 7 heteroatoms. The van der Waals surface area contributed by atoms with Crippen LogP contribution < -0.4 is 14.2 Å². The van der Waals surface area contributed by atoms with E-state index in [0.717, 1.165) is 47.4 Å². The molecule has 0 unspecified atom stereocenters. The fourth-order valence-corrected chi connectivity index (χ4v) is 5.18. The van der Waals surface area contributed by atoms with Gasteiger partial charge in [0, 0.05) is 13.4 Å². The van der Waals surface area contributed by atoms with Crippen molar-refractivity contribution in [2.24, 2.45) is 0 Å². The molecule has 0 amide bonds. The highest BCUT2D eigenvalue weighted by molar-refractivity contribution is 9.11. The first-order valence-corrected chi connectivity index (χ1v) is 11.1. The van der Waals surface area contributed by atoms with Crippen LogP contribution in [0.25, 0.3) is 0 Å². The maximum atomic E-state index is 6.47. The summed E-state index contributed by atoms with van der Waals surface area (Å²) in [6, 6.07) is 18.1. The molecule has 28 heavy (non-hydrogen) atoms. The molecule has 3 aliphatic heterocycles. The molecule has 0 aliphatic carbocycles. The van der Waals surface area contributed by atoms with Gasteiger partial charge in [-0.2, -0.15) is 4.90 Å². The monoisotopic (exact) mass is 563 g/mol. The third-order valence-electron chi connectivity index (χ3n) is 5.24. The number of fused-ring (bicyclic) bond motifs is 6. The van der Waals surface area contributed by atoms with Gasteiger partial charge in [0.25, 0.3) is 0 Å². The maximum absolute atomic E-state index is 6.47. The lowest BCUT2D eigenvalue weighted by Crippen LogP contribution is -2.50. The lowest BCUT2D eigenvalue weighted by atomic mass is 9.99. The minimum Gasteiger partial charge on any atom is -0.470 e. The molecule has 3 atom stereocenters. The van der Waals surface area contributed by atoms with E-state index in [1.54, 1.807) is 0 Å². The number of hydrogen-bond acceptors (Lipinski definition) is 4. The molecule has 0 aromatic heterocycles. The average molecular weight is 566 g/mol. The van der Waals surface area contributed by atoms with Crippen LogP contribution in [0, 0.1) is 0 Å². The van der Waals surface area contributed by atoms with Gasteiger partial charge < -0.3 is 14.2 Å². The molecule has 0 fully saturated rings. The zero-order valence-corrected chi connectivity index (χ0v) is 19.0.